The Morgan fingerprint density at radius 1 is 0.681 bits per heavy atom. The van der Waals surface area contributed by atoms with Crippen LogP contribution in [0.5, 0.6) is 0 Å². The van der Waals surface area contributed by atoms with Crippen molar-refractivity contribution in [2.24, 2.45) is 0 Å². The molecule has 0 aliphatic heterocycles. The van der Waals surface area contributed by atoms with Crippen LogP contribution in [-0.4, -0.2) is 70.7 Å². The number of carbonyl (C=O) groups is 1. The largest absolute Gasteiger partial charge is 0.756 e. The van der Waals surface area contributed by atoms with Crippen LogP contribution in [0.15, 0.2) is 36.5 Å². The highest BCUT2D eigenvalue weighted by Crippen LogP contribution is 2.38. The minimum atomic E-state index is -4.51. The van der Waals surface area contributed by atoms with Crippen molar-refractivity contribution in [1.82, 2.24) is 0 Å². The van der Waals surface area contributed by atoms with Crippen LogP contribution in [0, 0.1) is 0 Å². The Morgan fingerprint density at radius 2 is 1.23 bits per heavy atom. The highest BCUT2D eigenvalue weighted by molar-refractivity contribution is 7.45. The van der Waals surface area contributed by atoms with Gasteiger partial charge in [-0.1, -0.05) is 127 Å². The molecule has 0 aliphatic rings. The molecule has 8 nitrogen and oxygen atoms in total. The first kappa shape index (κ1) is 45.7. The lowest BCUT2D eigenvalue weighted by molar-refractivity contribution is -0.870. The van der Waals surface area contributed by atoms with Gasteiger partial charge in [-0.3, -0.25) is 9.36 Å². The van der Waals surface area contributed by atoms with Gasteiger partial charge in [0.05, 0.1) is 34.4 Å². The molecule has 47 heavy (non-hydrogen) atoms. The monoisotopic (exact) mass is 686 g/mol. The van der Waals surface area contributed by atoms with Crippen LogP contribution in [0.2, 0.25) is 0 Å². The van der Waals surface area contributed by atoms with Crippen molar-refractivity contribution >= 4 is 13.8 Å². The summed E-state index contributed by atoms with van der Waals surface area (Å²) in [4.78, 5) is 24.8. The molecule has 0 radical (unpaired) electrons. The van der Waals surface area contributed by atoms with Crippen LogP contribution in [0.25, 0.3) is 0 Å². The van der Waals surface area contributed by atoms with Crippen LogP contribution >= 0.6 is 7.82 Å². The van der Waals surface area contributed by atoms with Crippen LogP contribution < -0.4 is 4.89 Å². The van der Waals surface area contributed by atoms with E-state index in [1.54, 1.807) is 0 Å². The highest BCUT2D eigenvalue weighted by Gasteiger charge is 2.20. The van der Waals surface area contributed by atoms with Crippen LogP contribution in [0.3, 0.4) is 0 Å². The summed E-state index contributed by atoms with van der Waals surface area (Å²) in [6.07, 6.45) is 34.5. The Kier molecular flexibility index (Phi) is 31.1. The molecule has 0 aromatic rings. The van der Waals surface area contributed by atoms with Gasteiger partial charge in [-0.2, -0.15) is 0 Å². The number of nitrogens with zero attached hydrogens (tertiary/aromatic N) is 1. The zero-order valence-corrected chi connectivity index (χ0v) is 31.9. The second kappa shape index (κ2) is 32.0. The summed E-state index contributed by atoms with van der Waals surface area (Å²) in [5.41, 5.74) is 0. The minimum Gasteiger partial charge on any atom is -0.756 e. The fraction of sp³-hybridized carbons (Fsp3) is 0.816. The summed E-state index contributed by atoms with van der Waals surface area (Å²) in [7, 11) is 1.35. The minimum absolute atomic E-state index is 0.0244. The molecule has 0 spiro atoms. The number of quaternary nitrogens is 1. The van der Waals surface area contributed by atoms with Gasteiger partial charge in [0.25, 0.3) is 7.82 Å². The summed E-state index contributed by atoms with van der Waals surface area (Å²) >= 11 is 0. The van der Waals surface area contributed by atoms with E-state index in [0.29, 0.717) is 24.1 Å². The van der Waals surface area contributed by atoms with Crippen molar-refractivity contribution in [3.63, 3.8) is 0 Å². The maximum atomic E-state index is 12.5. The first-order valence-electron chi connectivity index (χ1n) is 18.7. The number of likely N-dealkylation sites (N-methyl/N-ethyl adjacent to an activating group) is 1. The normalized spacial score (nSPS) is 14.4. The van der Waals surface area contributed by atoms with Crippen molar-refractivity contribution in [2.75, 3.05) is 54.1 Å². The lowest BCUT2D eigenvalue weighted by Crippen LogP contribution is -2.37. The molecular weight excluding hydrogens is 613 g/mol. The molecule has 0 rings (SSSR count). The Hall–Kier alpha value is -1.28. The van der Waals surface area contributed by atoms with Crippen molar-refractivity contribution in [3.8, 4) is 0 Å². The smallest absolute Gasteiger partial charge is 0.306 e. The number of unbranched alkanes of at least 4 members (excludes halogenated alkanes) is 14. The second-order valence-electron chi connectivity index (χ2n) is 13.6. The Bertz CT molecular complexity index is 853. The van der Waals surface area contributed by atoms with E-state index in [2.05, 4.69) is 50.3 Å². The molecule has 0 saturated carbocycles. The van der Waals surface area contributed by atoms with Gasteiger partial charge in [0.15, 0.2) is 0 Å². The van der Waals surface area contributed by atoms with Crippen molar-refractivity contribution in [2.45, 2.75) is 148 Å². The van der Waals surface area contributed by atoms with Gasteiger partial charge in [0, 0.05) is 13.0 Å². The summed E-state index contributed by atoms with van der Waals surface area (Å²) in [5, 5.41) is 0. The predicted molar refractivity (Wildman–Crippen MR) is 194 cm³/mol. The van der Waals surface area contributed by atoms with Crippen molar-refractivity contribution in [3.05, 3.63) is 36.5 Å². The SMILES string of the molecule is CC/C=C\C/C=C\C/C=C\CCCCCCCCCCOCC(COP(=O)([O-])OCC[N+](C)(C)C)OC(=O)CCCCCCCCC. The molecule has 0 amide bonds. The molecule has 0 heterocycles. The average molecular weight is 686 g/mol. The zero-order chi connectivity index (χ0) is 34.9. The molecule has 0 N–H and O–H groups in total. The van der Waals surface area contributed by atoms with E-state index >= 15 is 0 Å². The van der Waals surface area contributed by atoms with Gasteiger partial charge in [0.1, 0.15) is 19.3 Å². The molecular formula is C38H72NO7P. The van der Waals surface area contributed by atoms with E-state index < -0.39 is 13.9 Å². The number of ether oxygens (including phenoxy) is 2. The quantitative estimate of drug-likeness (QED) is 0.0219. The number of esters is 1. The van der Waals surface area contributed by atoms with E-state index in [1.165, 1.54) is 64.2 Å². The highest BCUT2D eigenvalue weighted by atomic mass is 31.2. The molecule has 0 aromatic heterocycles. The molecule has 2 unspecified atom stereocenters. The summed E-state index contributed by atoms with van der Waals surface area (Å²) < 4.78 is 34.3. The maximum absolute atomic E-state index is 12.5. The number of rotatable bonds is 34. The molecule has 0 aromatic carbocycles. The zero-order valence-electron chi connectivity index (χ0n) is 31.0. The number of carbonyl (C=O) groups excluding carboxylic acids is 1. The second-order valence-corrected chi connectivity index (χ2v) is 15.0. The van der Waals surface area contributed by atoms with E-state index in [-0.39, 0.29) is 25.8 Å². The standard InChI is InChI=1S/C38H72NO7P/c1-6-8-10-12-14-15-16-17-18-19-20-21-22-23-24-26-28-30-33-43-35-37(36-45-47(41,42)44-34-32-39(3,4)5)46-38(40)31-29-27-25-13-11-9-7-2/h8,10,14-15,17-18,37H,6-7,9,11-13,16,19-36H2,1-5H3/b10-8-,15-14-,18-17-. The van der Waals surface area contributed by atoms with Crippen LogP contribution in [-0.2, 0) is 27.9 Å². The number of hydrogen-bond acceptors (Lipinski definition) is 7. The summed E-state index contributed by atoms with van der Waals surface area (Å²) in [5.74, 6) is -0.346. The molecule has 9 heteroatoms. The average Bonchev–Trinajstić information content (AvgIpc) is 3.01. The Balaban J connectivity index is 4.19. The third-order valence-corrected chi connectivity index (χ3v) is 8.67. The Morgan fingerprint density at radius 3 is 1.85 bits per heavy atom. The van der Waals surface area contributed by atoms with Crippen LogP contribution in [0.4, 0.5) is 0 Å². The summed E-state index contributed by atoms with van der Waals surface area (Å²) in [6, 6.07) is 0. The molecule has 0 bridgehead atoms. The van der Waals surface area contributed by atoms with Gasteiger partial charge < -0.3 is 27.9 Å². The number of hydrogen-bond donors (Lipinski definition) is 0. The predicted octanol–water partition coefficient (Wildman–Crippen LogP) is 9.63. The topological polar surface area (TPSA) is 94.1 Å². The molecule has 276 valence electrons. The van der Waals surface area contributed by atoms with E-state index in [9.17, 15) is 14.3 Å². The molecule has 0 fully saturated rings. The number of allylic oxidation sites excluding steroid dienone is 6. The van der Waals surface area contributed by atoms with E-state index in [0.717, 1.165) is 57.8 Å². The molecule has 0 aliphatic carbocycles. The van der Waals surface area contributed by atoms with Gasteiger partial charge in [0.2, 0.25) is 0 Å². The summed E-state index contributed by atoms with van der Waals surface area (Å²) in [6.45, 7) is 5.23. The van der Waals surface area contributed by atoms with E-state index in [4.69, 9.17) is 18.5 Å². The van der Waals surface area contributed by atoms with Crippen LogP contribution in [0.1, 0.15) is 142 Å². The molecule has 0 saturated heterocycles. The fourth-order valence-corrected chi connectivity index (χ4v) is 5.52. The third kappa shape index (κ3) is 35.8. The lowest BCUT2D eigenvalue weighted by atomic mass is 10.1. The third-order valence-electron chi connectivity index (χ3n) is 7.71. The fourth-order valence-electron chi connectivity index (χ4n) is 4.79. The van der Waals surface area contributed by atoms with Crippen molar-refractivity contribution < 1.29 is 37.3 Å². The number of phosphoric ester groups is 1. The van der Waals surface area contributed by atoms with Gasteiger partial charge in [-0.15, -0.1) is 0 Å². The molecule has 2 atom stereocenters. The van der Waals surface area contributed by atoms with Crippen molar-refractivity contribution in [1.29, 1.82) is 0 Å². The first-order valence-corrected chi connectivity index (χ1v) is 20.2. The number of phosphoric acid groups is 1. The van der Waals surface area contributed by atoms with Gasteiger partial charge >= 0.3 is 5.97 Å². The van der Waals surface area contributed by atoms with Gasteiger partial charge in [-0.05, 0) is 44.9 Å². The maximum Gasteiger partial charge on any atom is 0.306 e. The first-order chi connectivity index (χ1) is 22.6. The van der Waals surface area contributed by atoms with Gasteiger partial charge in [-0.25, -0.2) is 0 Å². The lowest BCUT2D eigenvalue weighted by Gasteiger charge is -2.28. The Labute approximate surface area is 289 Å². The van der Waals surface area contributed by atoms with E-state index in [1.807, 2.05) is 21.1 Å².